The molecule has 0 fully saturated rings. The highest BCUT2D eigenvalue weighted by Crippen LogP contribution is 2.19. The molecule has 2 nitrogen and oxygen atoms in total. The standard InChI is InChI=1S/C16H24N2/c1-16(2,3)18-11-7-6-8-13-12-17-15-10-5-4-9-14(13)15/h4-5,9-10,12,17-18H,6-8,11H2,1-3H3. The van der Waals surface area contributed by atoms with Crippen LogP contribution in [0.3, 0.4) is 0 Å². The van der Waals surface area contributed by atoms with E-state index in [4.69, 9.17) is 0 Å². The highest BCUT2D eigenvalue weighted by molar-refractivity contribution is 5.82. The number of para-hydroxylation sites is 1. The molecule has 0 saturated heterocycles. The Bertz CT molecular complexity index is 491. The Morgan fingerprint density at radius 2 is 1.89 bits per heavy atom. The summed E-state index contributed by atoms with van der Waals surface area (Å²) in [6.45, 7) is 7.75. The van der Waals surface area contributed by atoms with Gasteiger partial charge < -0.3 is 10.3 Å². The Kier molecular flexibility index (Phi) is 4.07. The summed E-state index contributed by atoms with van der Waals surface area (Å²) in [5, 5.41) is 4.91. The summed E-state index contributed by atoms with van der Waals surface area (Å²) in [6.07, 6.45) is 5.79. The molecule has 0 bridgehead atoms. The fraction of sp³-hybridized carbons (Fsp3) is 0.500. The molecule has 0 aliphatic heterocycles. The van der Waals surface area contributed by atoms with Crippen molar-refractivity contribution in [2.75, 3.05) is 6.54 Å². The Labute approximate surface area is 110 Å². The van der Waals surface area contributed by atoms with Crippen LogP contribution in [0.25, 0.3) is 10.9 Å². The largest absolute Gasteiger partial charge is 0.361 e. The van der Waals surface area contributed by atoms with Crippen molar-refractivity contribution in [3.63, 3.8) is 0 Å². The number of fused-ring (bicyclic) bond motifs is 1. The van der Waals surface area contributed by atoms with Crippen LogP contribution in [0.4, 0.5) is 0 Å². The second kappa shape index (κ2) is 5.57. The average Bonchev–Trinajstić information content (AvgIpc) is 2.71. The van der Waals surface area contributed by atoms with Crippen LogP contribution in [-0.4, -0.2) is 17.1 Å². The molecule has 18 heavy (non-hydrogen) atoms. The van der Waals surface area contributed by atoms with E-state index in [1.807, 2.05) is 0 Å². The molecule has 2 aromatic rings. The van der Waals surface area contributed by atoms with Gasteiger partial charge in [-0.15, -0.1) is 0 Å². The molecular weight excluding hydrogens is 220 g/mol. The maximum absolute atomic E-state index is 3.53. The Morgan fingerprint density at radius 1 is 1.11 bits per heavy atom. The van der Waals surface area contributed by atoms with Gasteiger partial charge in [-0.1, -0.05) is 18.2 Å². The first-order chi connectivity index (χ1) is 8.56. The van der Waals surface area contributed by atoms with Crippen LogP contribution in [0.5, 0.6) is 0 Å². The van der Waals surface area contributed by atoms with Gasteiger partial charge in [-0.3, -0.25) is 0 Å². The van der Waals surface area contributed by atoms with Crippen molar-refractivity contribution >= 4 is 10.9 Å². The van der Waals surface area contributed by atoms with Crippen molar-refractivity contribution in [1.29, 1.82) is 0 Å². The summed E-state index contributed by atoms with van der Waals surface area (Å²) in [4.78, 5) is 3.34. The molecule has 98 valence electrons. The molecule has 2 rings (SSSR count). The molecule has 2 heteroatoms. The monoisotopic (exact) mass is 244 g/mol. The van der Waals surface area contributed by atoms with Gasteiger partial charge >= 0.3 is 0 Å². The van der Waals surface area contributed by atoms with Gasteiger partial charge in [-0.05, 0) is 58.2 Å². The molecular formula is C16H24N2. The number of aromatic amines is 1. The van der Waals surface area contributed by atoms with E-state index in [9.17, 15) is 0 Å². The summed E-state index contributed by atoms with van der Waals surface area (Å²) in [7, 11) is 0. The minimum Gasteiger partial charge on any atom is -0.361 e. The molecule has 0 aliphatic carbocycles. The van der Waals surface area contributed by atoms with Gasteiger partial charge in [0, 0.05) is 22.6 Å². The van der Waals surface area contributed by atoms with Gasteiger partial charge in [0.15, 0.2) is 0 Å². The molecule has 0 unspecified atom stereocenters. The lowest BCUT2D eigenvalue weighted by Gasteiger charge is -2.20. The average molecular weight is 244 g/mol. The number of H-pyrrole nitrogens is 1. The number of hydrogen-bond donors (Lipinski definition) is 2. The summed E-state index contributed by atoms with van der Waals surface area (Å²) in [5.74, 6) is 0. The number of nitrogens with one attached hydrogen (secondary N) is 2. The number of unbranched alkanes of at least 4 members (excludes halogenated alkanes) is 1. The van der Waals surface area contributed by atoms with Crippen LogP contribution in [0, 0.1) is 0 Å². The van der Waals surface area contributed by atoms with Crippen LogP contribution in [0.2, 0.25) is 0 Å². The Morgan fingerprint density at radius 3 is 2.67 bits per heavy atom. The highest BCUT2D eigenvalue weighted by atomic mass is 14.9. The molecule has 0 radical (unpaired) electrons. The highest BCUT2D eigenvalue weighted by Gasteiger charge is 2.07. The Hall–Kier alpha value is -1.28. The second-order valence-electron chi connectivity index (χ2n) is 5.99. The molecule has 0 amide bonds. The van der Waals surface area contributed by atoms with E-state index in [-0.39, 0.29) is 5.54 Å². The van der Waals surface area contributed by atoms with E-state index >= 15 is 0 Å². The number of aromatic nitrogens is 1. The normalized spacial score (nSPS) is 12.2. The lowest BCUT2D eigenvalue weighted by molar-refractivity contribution is 0.419. The van der Waals surface area contributed by atoms with Gasteiger partial charge in [0.05, 0.1) is 0 Å². The van der Waals surface area contributed by atoms with Crippen LogP contribution in [0.1, 0.15) is 39.2 Å². The SMILES string of the molecule is CC(C)(C)NCCCCc1c[nH]c2ccccc12. The molecule has 1 heterocycles. The predicted molar refractivity (Wildman–Crippen MR) is 79.0 cm³/mol. The van der Waals surface area contributed by atoms with E-state index in [0.29, 0.717) is 0 Å². The van der Waals surface area contributed by atoms with Gasteiger partial charge in [-0.2, -0.15) is 0 Å². The second-order valence-corrected chi connectivity index (χ2v) is 5.99. The van der Waals surface area contributed by atoms with Crippen molar-refractivity contribution in [2.24, 2.45) is 0 Å². The first-order valence-electron chi connectivity index (χ1n) is 6.86. The summed E-state index contributed by atoms with van der Waals surface area (Å²) in [5.41, 5.74) is 2.93. The molecule has 0 spiro atoms. The maximum Gasteiger partial charge on any atom is 0.0456 e. The number of aryl methyl sites for hydroxylation is 1. The predicted octanol–water partition coefficient (Wildman–Crippen LogP) is 3.88. The topological polar surface area (TPSA) is 27.8 Å². The summed E-state index contributed by atoms with van der Waals surface area (Å²) < 4.78 is 0. The van der Waals surface area contributed by atoms with Gasteiger partial charge in [-0.25, -0.2) is 0 Å². The summed E-state index contributed by atoms with van der Waals surface area (Å²) >= 11 is 0. The van der Waals surface area contributed by atoms with Crippen molar-refractivity contribution < 1.29 is 0 Å². The van der Waals surface area contributed by atoms with E-state index in [1.54, 1.807) is 0 Å². The smallest absolute Gasteiger partial charge is 0.0456 e. The third-order valence-corrected chi connectivity index (χ3v) is 3.20. The first kappa shape index (κ1) is 13.2. The van der Waals surface area contributed by atoms with E-state index in [0.717, 1.165) is 13.0 Å². The van der Waals surface area contributed by atoms with Crippen LogP contribution in [0.15, 0.2) is 30.5 Å². The minimum atomic E-state index is 0.237. The van der Waals surface area contributed by atoms with Crippen LogP contribution >= 0.6 is 0 Å². The van der Waals surface area contributed by atoms with E-state index in [1.165, 1.54) is 29.3 Å². The molecule has 0 saturated carbocycles. The van der Waals surface area contributed by atoms with E-state index in [2.05, 4.69) is 61.5 Å². The minimum absolute atomic E-state index is 0.237. The quantitative estimate of drug-likeness (QED) is 0.768. The molecule has 2 N–H and O–H groups in total. The van der Waals surface area contributed by atoms with E-state index < -0.39 is 0 Å². The third-order valence-electron chi connectivity index (χ3n) is 3.20. The van der Waals surface area contributed by atoms with Crippen molar-refractivity contribution in [2.45, 2.75) is 45.6 Å². The zero-order valence-corrected chi connectivity index (χ0v) is 11.7. The zero-order chi connectivity index (χ0) is 13.0. The van der Waals surface area contributed by atoms with Gasteiger partial charge in [0.25, 0.3) is 0 Å². The van der Waals surface area contributed by atoms with Gasteiger partial charge in [0.2, 0.25) is 0 Å². The van der Waals surface area contributed by atoms with Gasteiger partial charge in [0.1, 0.15) is 0 Å². The Balaban J connectivity index is 1.80. The lowest BCUT2D eigenvalue weighted by atomic mass is 10.1. The van der Waals surface area contributed by atoms with Crippen molar-refractivity contribution in [3.05, 3.63) is 36.0 Å². The molecule has 1 aromatic heterocycles. The number of rotatable bonds is 5. The third kappa shape index (κ3) is 3.61. The number of hydrogen-bond acceptors (Lipinski definition) is 1. The molecule has 0 atom stereocenters. The summed E-state index contributed by atoms with van der Waals surface area (Å²) in [6, 6.07) is 8.53. The lowest BCUT2D eigenvalue weighted by Crippen LogP contribution is -2.36. The molecule has 1 aromatic carbocycles. The van der Waals surface area contributed by atoms with Crippen LogP contribution < -0.4 is 5.32 Å². The van der Waals surface area contributed by atoms with Crippen molar-refractivity contribution in [1.82, 2.24) is 10.3 Å². The van der Waals surface area contributed by atoms with Crippen molar-refractivity contribution in [3.8, 4) is 0 Å². The maximum atomic E-state index is 3.53. The first-order valence-corrected chi connectivity index (χ1v) is 6.86. The zero-order valence-electron chi connectivity index (χ0n) is 11.7. The fourth-order valence-electron chi connectivity index (χ4n) is 2.24. The van der Waals surface area contributed by atoms with Crippen LogP contribution in [-0.2, 0) is 6.42 Å². The fourth-order valence-corrected chi connectivity index (χ4v) is 2.24. The number of benzene rings is 1. The molecule has 0 aliphatic rings.